The van der Waals surface area contributed by atoms with Gasteiger partial charge in [0.2, 0.25) is 10.0 Å². The molecule has 0 aliphatic carbocycles. The summed E-state index contributed by atoms with van der Waals surface area (Å²) in [4.78, 5) is 0. The molecule has 0 spiro atoms. The molecule has 0 fully saturated rings. The van der Waals surface area contributed by atoms with Crippen molar-refractivity contribution in [2.75, 3.05) is 6.54 Å². The Kier molecular flexibility index (Phi) is 6.08. The molecule has 0 radical (unpaired) electrons. The lowest BCUT2D eigenvalue weighted by atomic mass is 10.1. The summed E-state index contributed by atoms with van der Waals surface area (Å²) in [6.45, 7) is 3.94. The molecule has 0 bridgehead atoms. The summed E-state index contributed by atoms with van der Waals surface area (Å²) in [6.07, 6.45) is 1.53. The van der Waals surface area contributed by atoms with Gasteiger partial charge in [0.15, 0.2) is 0 Å². The van der Waals surface area contributed by atoms with Crippen molar-refractivity contribution in [2.24, 2.45) is 0 Å². The van der Waals surface area contributed by atoms with Gasteiger partial charge in [-0.25, -0.2) is 8.42 Å². The second kappa shape index (κ2) is 8.25. The Labute approximate surface area is 148 Å². The van der Waals surface area contributed by atoms with E-state index in [1.165, 1.54) is 10.4 Å². The molecule has 2 aromatic rings. The highest BCUT2D eigenvalue weighted by atomic mass is 32.2. The van der Waals surface area contributed by atoms with Crippen molar-refractivity contribution in [2.45, 2.75) is 12.3 Å². The first kappa shape index (κ1) is 18.4. The summed E-state index contributed by atoms with van der Waals surface area (Å²) in [5, 5.41) is 17.9. The lowest BCUT2D eigenvalue weighted by Gasteiger charge is -2.21. The lowest BCUT2D eigenvalue weighted by Crippen LogP contribution is -2.32. The highest BCUT2D eigenvalue weighted by Gasteiger charge is 2.22. The Bertz CT molecular complexity index is 953. The molecule has 2 rings (SSSR count). The molecule has 0 atom stereocenters. The van der Waals surface area contributed by atoms with Gasteiger partial charge < -0.3 is 0 Å². The molecule has 6 heteroatoms. The number of hydrogen-bond acceptors (Lipinski definition) is 4. The van der Waals surface area contributed by atoms with Crippen molar-refractivity contribution in [3.05, 3.63) is 83.4 Å². The number of rotatable bonds is 7. The van der Waals surface area contributed by atoms with E-state index in [2.05, 4.69) is 6.58 Å². The van der Waals surface area contributed by atoms with Crippen LogP contribution in [-0.4, -0.2) is 19.3 Å². The van der Waals surface area contributed by atoms with Crippen molar-refractivity contribution >= 4 is 10.0 Å². The van der Waals surface area contributed by atoms with Crippen LogP contribution in [0.2, 0.25) is 0 Å². The van der Waals surface area contributed by atoms with E-state index in [4.69, 9.17) is 10.5 Å². The fraction of sp³-hybridized carbons (Fsp3) is 0.158. The van der Waals surface area contributed by atoms with Crippen LogP contribution in [0.3, 0.4) is 0 Å². The van der Waals surface area contributed by atoms with Crippen molar-refractivity contribution in [3.63, 3.8) is 0 Å². The number of benzene rings is 2. The summed E-state index contributed by atoms with van der Waals surface area (Å²) in [6, 6.07) is 17.4. The van der Waals surface area contributed by atoms with Gasteiger partial charge in [-0.15, -0.1) is 6.58 Å². The van der Waals surface area contributed by atoms with Crippen molar-refractivity contribution in [1.29, 1.82) is 10.5 Å². The predicted octanol–water partition coefficient (Wildman–Crippen LogP) is 2.95. The van der Waals surface area contributed by atoms with Gasteiger partial charge in [-0.3, -0.25) is 0 Å². The average Bonchev–Trinajstić information content (AvgIpc) is 2.61. The van der Waals surface area contributed by atoms with Crippen molar-refractivity contribution in [3.8, 4) is 12.1 Å². The van der Waals surface area contributed by atoms with Crippen molar-refractivity contribution in [1.82, 2.24) is 4.31 Å². The Balaban J connectivity index is 2.26. The molecule has 0 aliphatic heterocycles. The maximum Gasteiger partial charge on any atom is 0.218 e. The number of hydrogen-bond donors (Lipinski definition) is 0. The second-order valence-electron chi connectivity index (χ2n) is 5.46. The zero-order valence-corrected chi connectivity index (χ0v) is 14.4. The molecule has 5 nitrogen and oxygen atoms in total. The topological polar surface area (TPSA) is 85.0 Å². The van der Waals surface area contributed by atoms with Gasteiger partial charge >= 0.3 is 0 Å². The molecular formula is C19H17N3O2S. The molecule has 0 aromatic heterocycles. The fourth-order valence-corrected chi connectivity index (χ4v) is 3.86. The smallest absolute Gasteiger partial charge is 0.212 e. The summed E-state index contributed by atoms with van der Waals surface area (Å²) in [5.41, 5.74) is 2.19. The van der Waals surface area contributed by atoms with Crippen LogP contribution in [0.15, 0.2) is 61.2 Å². The Morgan fingerprint density at radius 3 is 2.12 bits per heavy atom. The normalized spacial score (nSPS) is 10.8. The van der Waals surface area contributed by atoms with E-state index in [-0.39, 0.29) is 18.8 Å². The zero-order chi connectivity index (χ0) is 18.3. The molecular weight excluding hydrogens is 334 g/mol. The second-order valence-corrected chi connectivity index (χ2v) is 7.43. The van der Waals surface area contributed by atoms with Gasteiger partial charge in [0.05, 0.1) is 29.0 Å². The zero-order valence-electron chi connectivity index (χ0n) is 13.6. The molecule has 0 saturated carbocycles. The molecule has 0 N–H and O–H groups in total. The largest absolute Gasteiger partial charge is 0.218 e. The van der Waals surface area contributed by atoms with Crippen LogP contribution in [0.4, 0.5) is 0 Å². The van der Waals surface area contributed by atoms with Crippen LogP contribution >= 0.6 is 0 Å². The van der Waals surface area contributed by atoms with Crippen LogP contribution < -0.4 is 0 Å². The van der Waals surface area contributed by atoms with E-state index in [0.29, 0.717) is 16.7 Å². The third-order valence-electron chi connectivity index (χ3n) is 3.55. The first-order valence-corrected chi connectivity index (χ1v) is 9.16. The maximum absolute atomic E-state index is 12.8. The van der Waals surface area contributed by atoms with Gasteiger partial charge in [-0.05, 0) is 35.4 Å². The van der Waals surface area contributed by atoms with Crippen LogP contribution in [0, 0.1) is 22.7 Å². The van der Waals surface area contributed by atoms with E-state index < -0.39 is 10.0 Å². The van der Waals surface area contributed by atoms with E-state index in [1.54, 1.807) is 48.5 Å². The van der Waals surface area contributed by atoms with Gasteiger partial charge in [0, 0.05) is 13.1 Å². The highest BCUT2D eigenvalue weighted by molar-refractivity contribution is 7.88. The minimum atomic E-state index is -3.61. The molecule has 0 amide bonds. The Morgan fingerprint density at radius 2 is 1.56 bits per heavy atom. The minimum Gasteiger partial charge on any atom is -0.212 e. The fourth-order valence-electron chi connectivity index (χ4n) is 2.40. The molecule has 25 heavy (non-hydrogen) atoms. The van der Waals surface area contributed by atoms with Crippen LogP contribution in [0.25, 0.3) is 0 Å². The van der Waals surface area contributed by atoms with Gasteiger partial charge in [0.1, 0.15) is 0 Å². The van der Waals surface area contributed by atoms with Crippen LogP contribution in [0.1, 0.15) is 22.3 Å². The van der Waals surface area contributed by atoms with E-state index in [9.17, 15) is 8.42 Å². The predicted molar refractivity (Wildman–Crippen MR) is 95.5 cm³/mol. The van der Waals surface area contributed by atoms with E-state index in [0.717, 1.165) is 5.56 Å². The highest BCUT2D eigenvalue weighted by Crippen LogP contribution is 2.16. The van der Waals surface area contributed by atoms with Crippen LogP contribution in [0.5, 0.6) is 0 Å². The molecule has 0 saturated heterocycles. The lowest BCUT2D eigenvalue weighted by molar-refractivity contribution is 0.437. The third kappa shape index (κ3) is 5.02. The standard InChI is InChI=1S/C19H17N3O2S/c1-2-9-22(14-18-7-3-5-16(10-18)12-20)25(23,24)15-19-8-4-6-17(11-19)13-21/h2-8,10-11H,1,9,14-15H2. The monoisotopic (exact) mass is 351 g/mol. The molecule has 126 valence electrons. The molecule has 0 unspecified atom stereocenters. The Morgan fingerprint density at radius 1 is 1.00 bits per heavy atom. The number of nitrogens with zero attached hydrogens (tertiary/aromatic N) is 3. The quantitative estimate of drug-likeness (QED) is 0.718. The van der Waals surface area contributed by atoms with E-state index in [1.807, 2.05) is 12.1 Å². The first-order valence-electron chi connectivity index (χ1n) is 7.55. The third-order valence-corrected chi connectivity index (χ3v) is 5.31. The first-order chi connectivity index (χ1) is 12.0. The minimum absolute atomic E-state index is 0.155. The summed E-state index contributed by atoms with van der Waals surface area (Å²) < 4.78 is 26.9. The Hall–Kier alpha value is -2.93. The number of sulfonamides is 1. The van der Waals surface area contributed by atoms with Gasteiger partial charge in [0.25, 0.3) is 0 Å². The number of nitriles is 2. The molecule has 0 aliphatic rings. The van der Waals surface area contributed by atoms with Gasteiger partial charge in [-0.1, -0.05) is 30.3 Å². The summed E-state index contributed by atoms with van der Waals surface area (Å²) in [5.74, 6) is -0.200. The summed E-state index contributed by atoms with van der Waals surface area (Å²) >= 11 is 0. The summed E-state index contributed by atoms with van der Waals surface area (Å²) in [7, 11) is -3.61. The van der Waals surface area contributed by atoms with Gasteiger partial charge in [-0.2, -0.15) is 14.8 Å². The van der Waals surface area contributed by atoms with Crippen molar-refractivity contribution < 1.29 is 8.42 Å². The van der Waals surface area contributed by atoms with E-state index >= 15 is 0 Å². The average molecular weight is 351 g/mol. The SMILES string of the molecule is C=CCN(Cc1cccc(C#N)c1)S(=O)(=O)Cc1cccc(C#N)c1. The molecule has 2 aromatic carbocycles. The molecule has 0 heterocycles. The van der Waals surface area contributed by atoms with Crippen LogP contribution in [-0.2, 0) is 22.3 Å². The maximum atomic E-state index is 12.8.